The fourth-order valence-electron chi connectivity index (χ4n) is 3.57. The van der Waals surface area contributed by atoms with Crippen molar-refractivity contribution in [1.82, 2.24) is 9.80 Å². The van der Waals surface area contributed by atoms with E-state index in [2.05, 4.69) is 9.80 Å². The van der Waals surface area contributed by atoms with E-state index in [1.54, 1.807) is 0 Å². The lowest BCUT2D eigenvalue weighted by Gasteiger charge is -2.25. The molecular formula is C17H27N3O. The van der Waals surface area contributed by atoms with Crippen LogP contribution in [-0.4, -0.2) is 55.2 Å². The normalized spacial score (nSPS) is 23.7. The molecule has 1 aromatic rings. The van der Waals surface area contributed by atoms with Crippen molar-refractivity contribution in [3.8, 4) is 5.75 Å². The molecule has 0 radical (unpaired) electrons. The van der Waals surface area contributed by atoms with Crippen molar-refractivity contribution < 1.29 is 4.74 Å². The first-order chi connectivity index (χ1) is 10.3. The van der Waals surface area contributed by atoms with Crippen LogP contribution < -0.4 is 10.5 Å². The van der Waals surface area contributed by atoms with Gasteiger partial charge in [0.2, 0.25) is 0 Å². The molecule has 0 saturated carbocycles. The van der Waals surface area contributed by atoms with Gasteiger partial charge in [0.1, 0.15) is 5.75 Å². The highest BCUT2D eigenvalue weighted by Crippen LogP contribution is 2.21. The number of anilines is 1. The van der Waals surface area contributed by atoms with Gasteiger partial charge >= 0.3 is 0 Å². The maximum atomic E-state index is 5.78. The number of nitrogen functional groups attached to an aromatic ring is 1. The molecule has 2 aliphatic rings. The first kappa shape index (κ1) is 14.7. The molecule has 1 atom stereocenters. The van der Waals surface area contributed by atoms with E-state index in [4.69, 9.17) is 10.5 Å². The molecule has 0 bridgehead atoms. The van der Waals surface area contributed by atoms with Crippen molar-refractivity contribution in [2.24, 2.45) is 0 Å². The van der Waals surface area contributed by atoms with Gasteiger partial charge < -0.3 is 15.4 Å². The van der Waals surface area contributed by atoms with Gasteiger partial charge in [-0.15, -0.1) is 0 Å². The Morgan fingerprint density at radius 2 is 2.10 bits per heavy atom. The van der Waals surface area contributed by atoms with Crippen LogP contribution in [0.2, 0.25) is 0 Å². The minimum atomic E-state index is 0.765. The molecule has 2 aliphatic heterocycles. The number of hydrogen-bond acceptors (Lipinski definition) is 4. The number of nitrogens with two attached hydrogens (primary N) is 1. The van der Waals surface area contributed by atoms with Crippen molar-refractivity contribution in [1.29, 1.82) is 0 Å². The third-order valence-electron chi connectivity index (χ3n) is 4.63. The molecule has 0 aromatic heterocycles. The zero-order chi connectivity index (χ0) is 14.5. The SMILES string of the molecule is Nc1cccc(OCCCN2CCCN3CCCC3C2)c1. The molecule has 2 fully saturated rings. The van der Waals surface area contributed by atoms with Gasteiger partial charge in [0.15, 0.2) is 0 Å². The fraction of sp³-hybridized carbons (Fsp3) is 0.647. The molecule has 21 heavy (non-hydrogen) atoms. The molecule has 0 amide bonds. The first-order valence-electron chi connectivity index (χ1n) is 8.26. The second kappa shape index (κ2) is 7.14. The van der Waals surface area contributed by atoms with E-state index in [-0.39, 0.29) is 0 Å². The zero-order valence-electron chi connectivity index (χ0n) is 12.8. The highest BCUT2D eigenvalue weighted by molar-refractivity contribution is 5.43. The monoisotopic (exact) mass is 289 g/mol. The van der Waals surface area contributed by atoms with E-state index in [9.17, 15) is 0 Å². The number of rotatable bonds is 5. The quantitative estimate of drug-likeness (QED) is 0.666. The summed E-state index contributed by atoms with van der Waals surface area (Å²) in [5.41, 5.74) is 6.52. The van der Waals surface area contributed by atoms with Crippen LogP contribution in [0.1, 0.15) is 25.7 Å². The number of fused-ring (bicyclic) bond motifs is 1. The smallest absolute Gasteiger partial charge is 0.121 e. The topological polar surface area (TPSA) is 41.7 Å². The van der Waals surface area contributed by atoms with Crippen molar-refractivity contribution in [2.45, 2.75) is 31.7 Å². The molecule has 4 heteroatoms. The van der Waals surface area contributed by atoms with Crippen molar-refractivity contribution in [3.05, 3.63) is 24.3 Å². The molecular weight excluding hydrogens is 262 g/mol. The predicted molar refractivity (Wildman–Crippen MR) is 86.6 cm³/mol. The Labute approximate surface area is 127 Å². The molecule has 1 unspecified atom stereocenters. The van der Waals surface area contributed by atoms with Gasteiger partial charge in [-0.3, -0.25) is 4.90 Å². The summed E-state index contributed by atoms with van der Waals surface area (Å²) in [5.74, 6) is 0.882. The second-order valence-electron chi connectivity index (χ2n) is 6.26. The Morgan fingerprint density at radius 1 is 1.19 bits per heavy atom. The van der Waals surface area contributed by atoms with Crippen LogP contribution in [0.5, 0.6) is 5.75 Å². The Kier molecular flexibility index (Phi) is 4.99. The Hall–Kier alpha value is -1.26. The average molecular weight is 289 g/mol. The summed E-state index contributed by atoms with van der Waals surface area (Å²) in [7, 11) is 0. The first-order valence-corrected chi connectivity index (χ1v) is 8.26. The Bertz CT molecular complexity index is 451. The van der Waals surface area contributed by atoms with Crippen LogP contribution in [0.4, 0.5) is 5.69 Å². The molecule has 3 rings (SSSR count). The van der Waals surface area contributed by atoms with Crippen molar-refractivity contribution in [3.63, 3.8) is 0 Å². The summed E-state index contributed by atoms with van der Waals surface area (Å²) in [6.45, 7) is 7.02. The molecule has 1 aromatic carbocycles. The minimum absolute atomic E-state index is 0.765. The lowest BCUT2D eigenvalue weighted by Crippen LogP contribution is -2.37. The van der Waals surface area contributed by atoms with Crippen LogP contribution in [-0.2, 0) is 0 Å². The van der Waals surface area contributed by atoms with E-state index < -0.39 is 0 Å². The van der Waals surface area contributed by atoms with E-state index in [0.29, 0.717) is 0 Å². The van der Waals surface area contributed by atoms with Gasteiger partial charge in [-0.1, -0.05) is 6.07 Å². The van der Waals surface area contributed by atoms with Gasteiger partial charge in [-0.25, -0.2) is 0 Å². The minimum Gasteiger partial charge on any atom is -0.493 e. The molecule has 0 spiro atoms. The molecule has 2 saturated heterocycles. The van der Waals surface area contributed by atoms with Crippen molar-refractivity contribution >= 4 is 5.69 Å². The molecule has 4 nitrogen and oxygen atoms in total. The van der Waals surface area contributed by atoms with E-state index in [1.807, 2.05) is 24.3 Å². The molecule has 0 aliphatic carbocycles. The molecule has 2 heterocycles. The fourth-order valence-corrected chi connectivity index (χ4v) is 3.57. The van der Waals surface area contributed by atoms with Gasteiger partial charge in [0, 0.05) is 30.9 Å². The predicted octanol–water partition coefficient (Wildman–Crippen LogP) is 2.21. The van der Waals surface area contributed by atoms with Gasteiger partial charge in [0.05, 0.1) is 6.61 Å². The van der Waals surface area contributed by atoms with Crippen LogP contribution in [0.3, 0.4) is 0 Å². The van der Waals surface area contributed by atoms with Crippen LogP contribution in [0.25, 0.3) is 0 Å². The standard InChI is InChI=1S/C17H27N3O/c18-15-5-1-7-17(13-15)21-12-4-9-19-8-3-11-20-10-2-6-16(20)14-19/h1,5,7,13,16H,2-4,6,8-12,14,18H2. The summed E-state index contributed by atoms with van der Waals surface area (Å²) in [6, 6.07) is 8.49. The largest absolute Gasteiger partial charge is 0.493 e. The highest BCUT2D eigenvalue weighted by atomic mass is 16.5. The maximum Gasteiger partial charge on any atom is 0.121 e. The summed E-state index contributed by atoms with van der Waals surface area (Å²) >= 11 is 0. The number of nitrogens with zero attached hydrogens (tertiary/aromatic N) is 2. The third-order valence-corrected chi connectivity index (χ3v) is 4.63. The second-order valence-corrected chi connectivity index (χ2v) is 6.26. The van der Waals surface area contributed by atoms with E-state index >= 15 is 0 Å². The summed E-state index contributed by atoms with van der Waals surface area (Å²) < 4.78 is 5.78. The summed E-state index contributed by atoms with van der Waals surface area (Å²) in [6.07, 6.45) is 5.17. The van der Waals surface area contributed by atoms with E-state index in [1.165, 1.54) is 45.4 Å². The maximum absolute atomic E-state index is 5.78. The summed E-state index contributed by atoms with van der Waals surface area (Å²) in [5, 5.41) is 0. The third kappa shape index (κ3) is 4.11. The lowest BCUT2D eigenvalue weighted by molar-refractivity contribution is 0.205. The Balaban J connectivity index is 1.39. The Morgan fingerprint density at radius 3 is 3.00 bits per heavy atom. The number of hydrogen-bond donors (Lipinski definition) is 1. The average Bonchev–Trinajstić information content (AvgIpc) is 2.82. The molecule has 2 N–H and O–H groups in total. The zero-order valence-corrected chi connectivity index (χ0v) is 12.8. The summed E-state index contributed by atoms with van der Waals surface area (Å²) in [4.78, 5) is 5.31. The van der Waals surface area contributed by atoms with Crippen molar-refractivity contribution in [2.75, 3.05) is 45.1 Å². The number of ether oxygens (including phenoxy) is 1. The van der Waals surface area contributed by atoms with Gasteiger partial charge in [-0.2, -0.15) is 0 Å². The van der Waals surface area contributed by atoms with E-state index in [0.717, 1.165) is 37.1 Å². The van der Waals surface area contributed by atoms with Gasteiger partial charge in [0.25, 0.3) is 0 Å². The molecule has 116 valence electrons. The van der Waals surface area contributed by atoms with Crippen LogP contribution in [0, 0.1) is 0 Å². The number of benzene rings is 1. The lowest BCUT2D eigenvalue weighted by atomic mass is 10.2. The van der Waals surface area contributed by atoms with Crippen LogP contribution >= 0.6 is 0 Å². The highest BCUT2D eigenvalue weighted by Gasteiger charge is 2.28. The van der Waals surface area contributed by atoms with Gasteiger partial charge in [-0.05, 0) is 57.5 Å². The van der Waals surface area contributed by atoms with Crippen LogP contribution in [0.15, 0.2) is 24.3 Å².